The van der Waals surface area contributed by atoms with Gasteiger partial charge in [0.05, 0.1) is 37.4 Å². The Hall–Kier alpha value is -3.20. The van der Waals surface area contributed by atoms with Crippen molar-refractivity contribution in [3.63, 3.8) is 0 Å². The maximum Gasteiger partial charge on any atom is 0.329 e. The van der Waals surface area contributed by atoms with Crippen molar-refractivity contribution in [3.05, 3.63) is 70.3 Å². The van der Waals surface area contributed by atoms with Crippen molar-refractivity contribution in [1.82, 2.24) is 19.4 Å². The van der Waals surface area contributed by atoms with E-state index < -0.39 is 21.9 Å². The number of morpholine rings is 1. The number of ether oxygens (including phenoxy) is 3. The van der Waals surface area contributed by atoms with Gasteiger partial charge in [-0.05, 0) is 97.7 Å². The molecule has 0 spiro atoms. The van der Waals surface area contributed by atoms with Gasteiger partial charge >= 0.3 is 6.03 Å². The molecule has 6 atom stereocenters. The number of carbonyl (C=O) groups is 2. The highest BCUT2D eigenvalue weighted by atomic mass is 35.5. The lowest BCUT2D eigenvalue weighted by atomic mass is 9.70. The van der Waals surface area contributed by atoms with E-state index >= 15 is 0 Å². The number of fused-ring (bicyclic) bond motifs is 4. The van der Waals surface area contributed by atoms with Gasteiger partial charge < -0.3 is 28.9 Å². The van der Waals surface area contributed by atoms with Crippen LogP contribution in [0.15, 0.2) is 52.9 Å². The van der Waals surface area contributed by atoms with Crippen LogP contribution in [-0.2, 0) is 32.4 Å². The Bertz CT molecular complexity index is 1930. The number of nitrogens with one attached hydrogen (secondary N) is 1. The van der Waals surface area contributed by atoms with Gasteiger partial charge in [-0.2, -0.15) is 0 Å². The summed E-state index contributed by atoms with van der Waals surface area (Å²) in [6.45, 7) is 11.6. The fourth-order valence-corrected chi connectivity index (χ4v) is 11.6. The number of anilines is 1. The predicted octanol–water partition coefficient (Wildman–Crippen LogP) is 5.88. The average Bonchev–Trinajstić information content (AvgIpc) is 3.19. The van der Waals surface area contributed by atoms with Gasteiger partial charge in [0.1, 0.15) is 15.7 Å². The van der Waals surface area contributed by atoms with E-state index in [2.05, 4.69) is 48.1 Å². The molecule has 3 saturated heterocycles. The number of urea groups is 1. The Morgan fingerprint density at radius 1 is 1.04 bits per heavy atom. The van der Waals surface area contributed by atoms with Gasteiger partial charge in [-0.15, -0.1) is 4.36 Å². The lowest BCUT2D eigenvalue weighted by Gasteiger charge is -2.47. The second-order valence-corrected chi connectivity index (χ2v) is 19.6. The molecule has 12 nitrogen and oxygen atoms in total. The molecule has 5 heterocycles. The zero-order valence-corrected chi connectivity index (χ0v) is 35.1. The second-order valence-electron chi connectivity index (χ2n) is 17.2. The number of amides is 3. The number of allylic oxidation sites excluding steroid dienone is 1. The number of hydrogen-bond acceptors (Lipinski definition) is 9. The van der Waals surface area contributed by atoms with Crippen molar-refractivity contribution < 1.29 is 28.0 Å². The Labute approximate surface area is 343 Å². The van der Waals surface area contributed by atoms with Crippen molar-refractivity contribution in [2.24, 2.45) is 28.0 Å². The first-order valence-corrected chi connectivity index (χ1v) is 23.1. The van der Waals surface area contributed by atoms with Crippen LogP contribution in [0.3, 0.4) is 0 Å². The first-order chi connectivity index (χ1) is 27.6. The van der Waals surface area contributed by atoms with Crippen LogP contribution in [0, 0.1) is 23.7 Å². The summed E-state index contributed by atoms with van der Waals surface area (Å²) in [5.41, 5.74) is 3.52. The van der Waals surface area contributed by atoms with E-state index in [1.165, 1.54) is 11.1 Å². The van der Waals surface area contributed by atoms with Crippen LogP contribution in [0.5, 0.6) is 5.75 Å². The van der Waals surface area contributed by atoms with Gasteiger partial charge in [-0.3, -0.25) is 14.4 Å². The number of piperazine rings is 1. The van der Waals surface area contributed by atoms with Crippen molar-refractivity contribution in [1.29, 1.82) is 0 Å². The summed E-state index contributed by atoms with van der Waals surface area (Å²) in [6.07, 6.45) is 9.68. The van der Waals surface area contributed by atoms with Crippen LogP contribution >= 0.6 is 11.6 Å². The number of hydrogen-bond donors (Lipinski definition) is 1. The molecule has 0 aromatic heterocycles. The number of benzene rings is 2. The Kier molecular flexibility index (Phi) is 12.8. The van der Waals surface area contributed by atoms with E-state index in [9.17, 15) is 13.8 Å². The molecule has 5 aliphatic heterocycles. The molecular formula is C43H59ClN6O6S. The minimum atomic E-state index is -3.50. The number of halogens is 1. The van der Waals surface area contributed by atoms with Gasteiger partial charge in [-0.1, -0.05) is 36.7 Å². The monoisotopic (exact) mass is 822 g/mol. The van der Waals surface area contributed by atoms with Gasteiger partial charge in [0.2, 0.25) is 0 Å². The van der Waals surface area contributed by atoms with E-state index in [-0.39, 0.29) is 17.8 Å². The Morgan fingerprint density at radius 3 is 2.74 bits per heavy atom. The third kappa shape index (κ3) is 9.65. The SMILES string of the molecule is CO[C@H]1/C=C/C[C@H](C)C[S@@](=O)(NC(=O)N2CC(CN3CCN4CCOC[C@@H]4C3)C2)=NC(=O)c2ccc3c(c2)N(Cc2ccc(Cl)cc2CCCCO3)C[C@@H]2CC[C@H]21. The third-order valence-electron chi connectivity index (χ3n) is 12.9. The topological polar surface area (TPSA) is 116 Å². The summed E-state index contributed by atoms with van der Waals surface area (Å²) in [6, 6.07) is 11.5. The van der Waals surface area contributed by atoms with Crippen molar-refractivity contribution >= 4 is 39.1 Å². The molecule has 2 aromatic carbocycles. The van der Waals surface area contributed by atoms with Crippen molar-refractivity contribution in [2.45, 2.75) is 64.1 Å². The molecule has 1 saturated carbocycles. The maximum absolute atomic E-state index is 14.8. The van der Waals surface area contributed by atoms with E-state index in [4.69, 9.17) is 25.8 Å². The van der Waals surface area contributed by atoms with Crippen molar-refractivity contribution in [3.8, 4) is 5.75 Å². The van der Waals surface area contributed by atoms with E-state index in [0.717, 1.165) is 95.3 Å². The lowest BCUT2D eigenvalue weighted by molar-refractivity contribution is -0.0508. The molecule has 57 heavy (non-hydrogen) atoms. The quantitative estimate of drug-likeness (QED) is 0.378. The second kappa shape index (κ2) is 18.0. The molecule has 6 aliphatic rings. The van der Waals surface area contributed by atoms with Gasteiger partial charge in [0.25, 0.3) is 5.91 Å². The molecule has 0 radical (unpaired) electrons. The van der Waals surface area contributed by atoms with E-state index in [1.54, 1.807) is 18.1 Å². The van der Waals surface area contributed by atoms with Crippen molar-refractivity contribution in [2.75, 3.05) is 89.9 Å². The van der Waals surface area contributed by atoms with Crippen LogP contribution in [0.1, 0.15) is 60.5 Å². The number of methoxy groups -OCH3 is 1. The largest absolute Gasteiger partial charge is 0.491 e. The Balaban J connectivity index is 1.06. The number of rotatable bonds is 4. The van der Waals surface area contributed by atoms with Crippen LogP contribution in [0.2, 0.25) is 5.02 Å². The molecule has 2 bridgehead atoms. The molecular weight excluding hydrogens is 764 g/mol. The summed E-state index contributed by atoms with van der Waals surface area (Å²) in [7, 11) is -1.72. The molecule has 4 fully saturated rings. The summed E-state index contributed by atoms with van der Waals surface area (Å²) in [5, 5.41) is 0.722. The molecule has 14 heteroatoms. The molecule has 310 valence electrons. The molecule has 8 rings (SSSR count). The minimum absolute atomic E-state index is 0.0447. The average molecular weight is 824 g/mol. The van der Waals surface area contributed by atoms with E-state index in [0.29, 0.717) is 67.8 Å². The fourth-order valence-electron chi connectivity index (χ4n) is 9.57. The van der Waals surface area contributed by atoms with Gasteiger partial charge in [0, 0.05) is 88.6 Å². The van der Waals surface area contributed by atoms with E-state index in [1.807, 2.05) is 25.1 Å². The molecule has 1 N–H and O–H groups in total. The van der Waals surface area contributed by atoms with Crippen LogP contribution < -0.4 is 14.4 Å². The molecule has 0 unspecified atom stereocenters. The normalized spacial score (nSPS) is 31.1. The number of likely N-dealkylation sites (tertiary alicyclic amines) is 1. The Morgan fingerprint density at radius 2 is 1.91 bits per heavy atom. The summed E-state index contributed by atoms with van der Waals surface area (Å²) in [5.74, 6) is 1.04. The highest BCUT2D eigenvalue weighted by Crippen LogP contribution is 2.42. The summed E-state index contributed by atoms with van der Waals surface area (Å²) >= 11 is 6.50. The zero-order valence-electron chi connectivity index (χ0n) is 33.5. The first kappa shape index (κ1) is 40.6. The first-order valence-electron chi connectivity index (χ1n) is 21.0. The standard InChI is InChI=1S/C43H59ClN6O6S/c1-30-6-5-8-40(54-2)38-13-10-35(38)26-49-25-34-9-12-36(44)20-32(34)7-3-4-18-56-41-14-11-33(21-39(41)49)42(51)45-57(53,29-30)46-43(52)50-23-31(24-50)22-47-15-16-48-17-19-55-28-37(48)27-47/h5,8-9,11-12,14,20-21,30-31,35,37-38,40H,3-4,6-7,10,13,15-19,22-29H2,1-2H3,(H,45,46,51,52,53)/b8-5+/t30-,35-,37-,38+,40-,57-/m0/s1. The number of nitrogens with zero attached hydrogens (tertiary/aromatic N) is 5. The minimum Gasteiger partial charge on any atom is -0.491 e. The van der Waals surface area contributed by atoms with Gasteiger partial charge in [0.15, 0.2) is 0 Å². The lowest BCUT2D eigenvalue weighted by Crippen LogP contribution is -2.62. The highest BCUT2D eigenvalue weighted by molar-refractivity contribution is 7.92. The molecule has 1 aliphatic carbocycles. The summed E-state index contributed by atoms with van der Waals surface area (Å²) in [4.78, 5) is 36.9. The summed E-state index contributed by atoms with van der Waals surface area (Å²) < 4.78 is 40.1. The smallest absolute Gasteiger partial charge is 0.329 e. The van der Waals surface area contributed by atoms with Crippen LogP contribution in [0.25, 0.3) is 0 Å². The number of aryl methyl sites for hydroxylation is 1. The maximum atomic E-state index is 14.8. The predicted molar refractivity (Wildman–Crippen MR) is 223 cm³/mol. The third-order valence-corrected chi connectivity index (χ3v) is 15.1. The van der Waals surface area contributed by atoms with Gasteiger partial charge in [-0.25, -0.2) is 9.00 Å². The molecule has 2 aromatic rings. The fraction of sp³-hybridized carbons (Fsp3) is 0.628. The van der Waals surface area contributed by atoms with Crippen LogP contribution in [-0.4, -0.2) is 128 Å². The highest BCUT2D eigenvalue weighted by Gasteiger charge is 2.39. The zero-order chi connectivity index (χ0) is 39.5. The van der Waals surface area contributed by atoms with Crippen LogP contribution in [0.4, 0.5) is 10.5 Å². The molecule has 3 amide bonds. The number of carbonyl (C=O) groups excluding carboxylic acids is 2.